The van der Waals surface area contributed by atoms with Crippen molar-refractivity contribution in [3.63, 3.8) is 0 Å². The lowest BCUT2D eigenvalue weighted by Gasteiger charge is -2.07. The molecular formula is C11H10F2N2O. The molecule has 5 heteroatoms. The monoisotopic (exact) mass is 224 g/mol. The van der Waals surface area contributed by atoms with Crippen molar-refractivity contribution < 1.29 is 13.5 Å². The van der Waals surface area contributed by atoms with Crippen LogP contribution in [0.2, 0.25) is 0 Å². The molecule has 0 saturated heterocycles. The fourth-order valence-corrected chi connectivity index (χ4v) is 1.42. The van der Waals surface area contributed by atoms with Crippen LogP contribution in [0.1, 0.15) is 12.1 Å². The van der Waals surface area contributed by atoms with E-state index in [1.54, 1.807) is 31.4 Å². The lowest BCUT2D eigenvalue weighted by molar-refractivity contribution is 0.143. The van der Waals surface area contributed by atoms with Crippen LogP contribution in [0.5, 0.6) is 5.75 Å². The van der Waals surface area contributed by atoms with E-state index in [0.29, 0.717) is 11.4 Å². The molecule has 2 rings (SSSR count). The van der Waals surface area contributed by atoms with Crippen molar-refractivity contribution in [3.05, 3.63) is 42.2 Å². The normalized spacial score (nSPS) is 10.8. The zero-order valence-corrected chi connectivity index (χ0v) is 8.60. The van der Waals surface area contributed by atoms with Crippen molar-refractivity contribution in [2.45, 2.75) is 6.43 Å². The highest BCUT2D eigenvalue weighted by molar-refractivity contribution is 5.38. The van der Waals surface area contributed by atoms with E-state index < -0.39 is 6.43 Å². The third-order valence-corrected chi connectivity index (χ3v) is 2.21. The average molecular weight is 224 g/mol. The lowest BCUT2D eigenvalue weighted by atomic mass is 10.3. The van der Waals surface area contributed by atoms with Crippen molar-refractivity contribution in [2.75, 3.05) is 7.11 Å². The van der Waals surface area contributed by atoms with Crippen LogP contribution >= 0.6 is 0 Å². The molecule has 0 bridgehead atoms. The molecule has 0 spiro atoms. The number of benzene rings is 1. The molecule has 16 heavy (non-hydrogen) atoms. The summed E-state index contributed by atoms with van der Waals surface area (Å²) in [4.78, 5) is 0. The number of hydrogen-bond acceptors (Lipinski definition) is 2. The zero-order valence-electron chi connectivity index (χ0n) is 8.60. The van der Waals surface area contributed by atoms with E-state index in [1.807, 2.05) is 0 Å². The Morgan fingerprint density at radius 2 is 1.88 bits per heavy atom. The summed E-state index contributed by atoms with van der Waals surface area (Å²) >= 11 is 0. The van der Waals surface area contributed by atoms with E-state index in [-0.39, 0.29) is 5.69 Å². The highest BCUT2D eigenvalue weighted by Gasteiger charge is 2.14. The topological polar surface area (TPSA) is 27.1 Å². The maximum absolute atomic E-state index is 12.6. The third kappa shape index (κ3) is 1.88. The molecule has 1 aromatic carbocycles. The van der Waals surface area contributed by atoms with Gasteiger partial charge in [-0.2, -0.15) is 5.10 Å². The Morgan fingerprint density at radius 3 is 2.44 bits per heavy atom. The highest BCUT2D eigenvalue weighted by Crippen LogP contribution is 2.22. The fourth-order valence-electron chi connectivity index (χ4n) is 1.42. The van der Waals surface area contributed by atoms with Gasteiger partial charge in [0.15, 0.2) is 0 Å². The molecule has 1 heterocycles. The minimum absolute atomic E-state index is 0.120. The van der Waals surface area contributed by atoms with Crippen molar-refractivity contribution in [1.82, 2.24) is 9.78 Å². The van der Waals surface area contributed by atoms with E-state index in [9.17, 15) is 8.78 Å². The number of ether oxygens (including phenoxy) is 1. The SMILES string of the molecule is COc1ccc(-n2nccc2C(F)F)cc1. The van der Waals surface area contributed by atoms with Gasteiger partial charge in [-0.05, 0) is 30.3 Å². The summed E-state index contributed by atoms with van der Waals surface area (Å²) in [6, 6.07) is 8.06. The van der Waals surface area contributed by atoms with Crippen molar-refractivity contribution in [3.8, 4) is 11.4 Å². The maximum atomic E-state index is 12.6. The number of methoxy groups -OCH3 is 1. The summed E-state index contributed by atoms with van der Waals surface area (Å²) in [5, 5.41) is 3.86. The number of nitrogens with zero attached hydrogens (tertiary/aromatic N) is 2. The molecule has 1 aromatic heterocycles. The number of halogens is 2. The minimum atomic E-state index is -2.54. The summed E-state index contributed by atoms with van der Waals surface area (Å²) in [7, 11) is 1.55. The Balaban J connectivity index is 2.38. The molecule has 0 amide bonds. The minimum Gasteiger partial charge on any atom is -0.497 e. The molecule has 2 aromatic rings. The molecule has 0 fully saturated rings. The predicted molar refractivity (Wildman–Crippen MR) is 55.1 cm³/mol. The number of rotatable bonds is 3. The van der Waals surface area contributed by atoms with Gasteiger partial charge in [0.1, 0.15) is 11.4 Å². The largest absolute Gasteiger partial charge is 0.497 e. The van der Waals surface area contributed by atoms with Crippen LogP contribution < -0.4 is 4.74 Å². The number of hydrogen-bond donors (Lipinski definition) is 0. The van der Waals surface area contributed by atoms with Gasteiger partial charge in [-0.15, -0.1) is 0 Å². The van der Waals surface area contributed by atoms with Crippen LogP contribution in [-0.4, -0.2) is 16.9 Å². The van der Waals surface area contributed by atoms with Crippen LogP contribution in [0.15, 0.2) is 36.5 Å². The van der Waals surface area contributed by atoms with Crippen LogP contribution in [0.25, 0.3) is 5.69 Å². The van der Waals surface area contributed by atoms with Gasteiger partial charge >= 0.3 is 0 Å². The van der Waals surface area contributed by atoms with Gasteiger partial charge < -0.3 is 4.74 Å². The fraction of sp³-hybridized carbons (Fsp3) is 0.182. The first-order valence-electron chi connectivity index (χ1n) is 4.69. The van der Waals surface area contributed by atoms with E-state index in [2.05, 4.69) is 5.10 Å². The standard InChI is InChI=1S/C11H10F2N2O/c1-16-9-4-2-8(3-5-9)15-10(11(12)13)6-7-14-15/h2-7,11H,1H3. The van der Waals surface area contributed by atoms with Gasteiger partial charge in [0.2, 0.25) is 0 Å². The Hall–Kier alpha value is -1.91. The third-order valence-electron chi connectivity index (χ3n) is 2.21. The van der Waals surface area contributed by atoms with E-state index in [4.69, 9.17) is 4.74 Å². The van der Waals surface area contributed by atoms with Crippen molar-refractivity contribution in [2.24, 2.45) is 0 Å². The molecule has 0 atom stereocenters. The second kappa shape index (κ2) is 4.30. The smallest absolute Gasteiger partial charge is 0.280 e. The molecule has 0 radical (unpaired) electrons. The first-order chi connectivity index (χ1) is 7.72. The Morgan fingerprint density at radius 1 is 1.19 bits per heavy atom. The highest BCUT2D eigenvalue weighted by atomic mass is 19.3. The van der Waals surface area contributed by atoms with Crippen LogP contribution in [0.3, 0.4) is 0 Å². The molecular weight excluding hydrogens is 214 g/mol. The van der Waals surface area contributed by atoms with Crippen LogP contribution in [0, 0.1) is 0 Å². The first kappa shape index (κ1) is 10.6. The molecule has 0 saturated carbocycles. The lowest BCUT2D eigenvalue weighted by Crippen LogP contribution is -2.02. The summed E-state index contributed by atoms with van der Waals surface area (Å²) in [5.74, 6) is 0.675. The number of alkyl halides is 2. The molecule has 0 aliphatic rings. The zero-order chi connectivity index (χ0) is 11.5. The second-order valence-electron chi connectivity index (χ2n) is 3.17. The molecule has 0 unspecified atom stereocenters. The van der Waals surface area contributed by atoms with Gasteiger partial charge in [0, 0.05) is 6.20 Å². The number of aromatic nitrogens is 2. The Kier molecular flexibility index (Phi) is 2.85. The predicted octanol–water partition coefficient (Wildman–Crippen LogP) is 2.82. The van der Waals surface area contributed by atoms with Gasteiger partial charge in [-0.3, -0.25) is 0 Å². The van der Waals surface area contributed by atoms with Crippen LogP contribution in [0.4, 0.5) is 8.78 Å². The summed E-state index contributed by atoms with van der Waals surface area (Å²) in [6.45, 7) is 0. The Bertz CT molecular complexity index is 465. The molecule has 0 aliphatic heterocycles. The van der Waals surface area contributed by atoms with Crippen molar-refractivity contribution in [1.29, 1.82) is 0 Å². The van der Waals surface area contributed by atoms with E-state index in [0.717, 1.165) is 0 Å². The van der Waals surface area contributed by atoms with Gasteiger partial charge in [0.05, 0.1) is 12.8 Å². The summed E-state index contributed by atoms with van der Waals surface area (Å²) in [5.41, 5.74) is 0.464. The molecule has 84 valence electrons. The molecule has 0 N–H and O–H groups in total. The molecule has 0 aliphatic carbocycles. The second-order valence-corrected chi connectivity index (χ2v) is 3.17. The van der Waals surface area contributed by atoms with Crippen molar-refractivity contribution >= 4 is 0 Å². The first-order valence-corrected chi connectivity index (χ1v) is 4.69. The molecule has 3 nitrogen and oxygen atoms in total. The summed E-state index contributed by atoms with van der Waals surface area (Å²) < 4.78 is 31.4. The van der Waals surface area contributed by atoms with Gasteiger partial charge in [0.25, 0.3) is 6.43 Å². The van der Waals surface area contributed by atoms with Crippen LogP contribution in [-0.2, 0) is 0 Å². The maximum Gasteiger partial charge on any atom is 0.280 e. The quantitative estimate of drug-likeness (QED) is 0.801. The van der Waals surface area contributed by atoms with Gasteiger partial charge in [-0.25, -0.2) is 13.5 Å². The Labute approximate surface area is 91.3 Å². The average Bonchev–Trinajstić information content (AvgIpc) is 2.78. The van der Waals surface area contributed by atoms with Gasteiger partial charge in [-0.1, -0.05) is 0 Å². The van der Waals surface area contributed by atoms with E-state index in [1.165, 1.54) is 16.9 Å². The van der Waals surface area contributed by atoms with E-state index >= 15 is 0 Å². The summed E-state index contributed by atoms with van der Waals surface area (Å²) in [6.07, 6.45) is -1.18.